The van der Waals surface area contributed by atoms with Gasteiger partial charge in [0.2, 0.25) is 0 Å². The number of rotatable bonds is 3. The summed E-state index contributed by atoms with van der Waals surface area (Å²) >= 11 is 6.46. The molecule has 1 unspecified atom stereocenters. The molecular formula is C37H50ClN5O5S. The highest BCUT2D eigenvalue weighted by Crippen LogP contribution is 2.42. The fourth-order valence-electron chi connectivity index (χ4n) is 7.32. The highest BCUT2D eigenvalue weighted by atomic mass is 35.5. The molecular weight excluding hydrogens is 662 g/mol. The van der Waals surface area contributed by atoms with E-state index in [4.69, 9.17) is 21.1 Å². The fraction of sp³-hybridized carbons (Fsp3) is 0.568. The third-order valence-corrected chi connectivity index (χ3v) is 12.7. The number of hydrogen-bond donors (Lipinski definition) is 1. The summed E-state index contributed by atoms with van der Waals surface area (Å²) < 4.78 is 33.8. The predicted molar refractivity (Wildman–Crippen MR) is 195 cm³/mol. The summed E-state index contributed by atoms with van der Waals surface area (Å²) in [6.45, 7) is 4.92. The van der Waals surface area contributed by atoms with Gasteiger partial charge in [-0.25, -0.2) is 9.00 Å². The van der Waals surface area contributed by atoms with E-state index in [1.165, 1.54) is 11.1 Å². The van der Waals surface area contributed by atoms with Crippen LogP contribution in [0.2, 0.25) is 5.02 Å². The van der Waals surface area contributed by atoms with Gasteiger partial charge in [0, 0.05) is 49.9 Å². The Hall–Kier alpha value is -3.12. The summed E-state index contributed by atoms with van der Waals surface area (Å²) in [7, 11) is 2.24. The normalized spacial score (nSPS) is 28.8. The third kappa shape index (κ3) is 8.44. The molecule has 12 heteroatoms. The molecule has 0 spiro atoms. The minimum atomic E-state index is -3.46. The number of likely N-dealkylation sites (N-methyl/N-ethyl adjacent to an activating group) is 1. The van der Waals surface area contributed by atoms with Crippen molar-refractivity contribution in [2.24, 2.45) is 22.1 Å². The summed E-state index contributed by atoms with van der Waals surface area (Å²) in [5.74, 6) is 0.718. The maximum absolute atomic E-state index is 14.5. The molecule has 4 aliphatic rings. The Morgan fingerprint density at radius 3 is 2.65 bits per heavy atom. The van der Waals surface area contributed by atoms with Crippen LogP contribution in [0.4, 0.5) is 10.5 Å². The second kappa shape index (κ2) is 15.4. The zero-order valence-corrected chi connectivity index (χ0v) is 30.7. The van der Waals surface area contributed by atoms with Crippen LogP contribution >= 0.6 is 11.6 Å². The number of nitrogens with one attached hydrogen (secondary N) is 1. The fourth-order valence-corrected chi connectivity index (χ4v) is 9.40. The Bertz CT molecular complexity index is 1680. The number of benzene rings is 2. The third-order valence-electron chi connectivity index (χ3n) is 10.5. The molecule has 1 aliphatic carbocycles. The average molecular weight is 712 g/mol. The van der Waals surface area contributed by atoms with Crippen LogP contribution in [0.5, 0.6) is 5.75 Å². The number of nitrogens with zero attached hydrogens (tertiary/aromatic N) is 4. The number of carbonyl (C=O) groups excluding carboxylic acids is 2. The molecule has 0 radical (unpaired) electrons. The average Bonchev–Trinajstić information content (AvgIpc) is 3.03. The Balaban J connectivity index is 1.41. The zero-order valence-electron chi connectivity index (χ0n) is 29.1. The van der Waals surface area contributed by atoms with E-state index in [9.17, 15) is 13.8 Å². The SMILES string of the molecule is CO[C@H]1/C=C/C[C@H](C)CS(=O)(NC(=O)N2CC(N(C)C)C2)=NC(=O)c2ccc3c(c2)N(Cc2ccc(Cl)cc2CCCCO3)C[C@@H]2CC[C@H]21. The molecule has 2 fully saturated rings. The van der Waals surface area contributed by atoms with Crippen LogP contribution in [0.3, 0.4) is 0 Å². The molecule has 3 aliphatic heterocycles. The Morgan fingerprint density at radius 2 is 1.92 bits per heavy atom. The van der Waals surface area contributed by atoms with Crippen LogP contribution in [0.25, 0.3) is 0 Å². The predicted octanol–water partition coefficient (Wildman–Crippen LogP) is 6.18. The van der Waals surface area contributed by atoms with Crippen LogP contribution < -0.4 is 14.4 Å². The van der Waals surface area contributed by atoms with Gasteiger partial charge in [0.25, 0.3) is 5.91 Å². The Labute approximate surface area is 296 Å². The van der Waals surface area contributed by atoms with Crippen molar-refractivity contribution in [1.29, 1.82) is 0 Å². The number of urea groups is 1. The zero-order chi connectivity index (χ0) is 34.7. The Kier molecular flexibility index (Phi) is 11.2. The molecule has 5 atom stereocenters. The van der Waals surface area contributed by atoms with Gasteiger partial charge in [-0.05, 0) is 112 Å². The lowest BCUT2D eigenvalue weighted by molar-refractivity contribution is 0.0133. The van der Waals surface area contributed by atoms with Gasteiger partial charge in [-0.15, -0.1) is 4.36 Å². The van der Waals surface area contributed by atoms with E-state index < -0.39 is 21.9 Å². The Morgan fingerprint density at radius 1 is 1.10 bits per heavy atom. The standard InChI is InChI=1S/C37H50ClN5O5S/c1-25-8-7-10-34(47-4)32-15-12-29(32)21-42-20-28-11-14-30(38)18-26(28)9-5-6-17-48-35-16-13-27(19-33(35)42)36(44)39-49(46,24-25)40-37(45)43-22-31(23-43)41(2)3/h7,10-11,13-14,16,18-19,25,29,31-32,34H,5-6,8-9,12,15,17,20-24H2,1-4H3,(H,39,40,44,45,46)/b10-7+/t25-,29-,32+,34-,49?/m0/s1. The van der Waals surface area contributed by atoms with Crippen LogP contribution in [-0.4, -0.2) is 91.3 Å². The maximum Gasteiger partial charge on any atom is 0.329 e. The van der Waals surface area contributed by atoms with Gasteiger partial charge in [0.05, 0.1) is 24.2 Å². The minimum Gasteiger partial charge on any atom is -0.491 e. The van der Waals surface area contributed by atoms with Crippen LogP contribution in [0.1, 0.15) is 60.5 Å². The molecule has 3 heterocycles. The van der Waals surface area contributed by atoms with E-state index >= 15 is 0 Å². The van der Waals surface area contributed by atoms with Crippen molar-refractivity contribution in [2.75, 3.05) is 58.1 Å². The van der Waals surface area contributed by atoms with E-state index in [0.29, 0.717) is 55.8 Å². The first-order valence-electron chi connectivity index (χ1n) is 17.5. The highest BCUT2D eigenvalue weighted by molar-refractivity contribution is 7.92. The lowest BCUT2D eigenvalue weighted by atomic mass is 9.70. The number of anilines is 1. The molecule has 10 nitrogen and oxygen atoms in total. The van der Waals surface area contributed by atoms with Crippen molar-refractivity contribution < 1.29 is 23.3 Å². The number of amides is 3. The smallest absolute Gasteiger partial charge is 0.329 e. The molecule has 2 bridgehead atoms. The first-order valence-corrected chi connectivity index (χ1v) is 19.6. The summed E-state index contributed by atoms with van der Waals surface area (Å²) in [6.07, 6.45) is 9.66. The van der Waals surface area contributed by atoms with Crippen LogP contribution in [-0.2, 0) is 27.6 Å². The number of hydrogen-bond acceptors (Lipinski definition) is 7. The molecule has 0 aromatic heterocycles. The van der Waals surface area contributed by atoms with E-state index in [1.54, 1.807) is 18.1 Å². The van der Waals surface area contributed by atoms with Gasteiger partial charge in [-0.1, -0.05) is 36.7 Å². The lowest BCUT2D eigenvalue weighted by Crippen LogP contribution is -2.62. The van der Waals surface area contributed by atoms with Crippen molar-refractivity contribution in [1.82, 2.24) is 14.5 Å². The van der Waals surface area contributed by atoms with Gasteiger partial charge < -0.3 is 24.2 Å². The maximum atomic E-state index is 14.5. The first kappa shape index (κ1) is 35.7. The summed E-state index contributed by atoms with van der Waals surface area (Å²) in [4.78, 5) is 33.2. The second-order valence-electron chi connectivity index (χ2n) is 14.4. The van der Waals surface area contributed by atoms with Crippen molar-refractivity contribution in [3.05, 3.63) is 70.3 Å². The molecule has 1 saturated carbocycles. The second-order valence-corrected chi connectivity index (χ2v) is 16.8. The monoisotopic (exact) mass is 711 g/mol. The molecule has 6 rings (SSSR count). The number of methoxy groups -OCH3 is 1. The molecule has 49 heavy (non-hydrogen) atoms. The molecule has 2 aromatic rings. The van der Waals surface area contributed by atoms with Gasteiger partial charge in [0.15, 0.2) is 0 Å². The largest absolute Gasteiger partial charge is 0.491 e. The number of ether oxygens (including phenoxy) is 2. The van der Waals surface area contributed by atoms with Crippen LogP contribution in [0, 0.1) is 17.8 Å². The summed E-state index contributed by atoms with van der Waals surface area (Å²) in [5, 5.41) is 0.721. The number of halogens is 1. The quantitative estimate of drug-likeness (QED) is 0.380. The summed E-state index contributed by atoms with van der Waals surface area (Å²) in [5.41, 5.74) is 3.51. The molecule has 1 N–H and O–H groups in total. The van der Waals surface area contributed by atoms with E-state index in [0.717, 1.165) is 49.4 Å². The van der Waals surface area contributed by atoms with Crippen molar-refractivity contribution in [2.45, 2.75) is 64.1 Å². The molecule has 2 aromatic carbocycles. The van der Waals surface area contributed by atoms with Crippen molar-refractivity contribution in [3.63, 3.8) is 0 Å². The first-order chi connectivity index (χ1) is 23.5. The number of allylic oxidation sites excluding steroid dienone is 1. The number of carbonyl (C=O) groups is 2. The molecule has 266 valence electrons. The van der Waals surface area contributed by atoms with Gasteiger partial charge in [0.1, 0.15) is 15.7 Å². The molecule has 3 amide bonds. The van der Waals surface area contributed by atoms with E-state index in [1.807, 2.05) is 39.2 Å². The van der Waals surface area contributed by atoms with Crippen molar-refractivity contribution >= 4 is 39.1 Å². The number of aryl methyl sites for hydroxylation is 1. The summed E-state index contributed by atoms with van der Waals surface area (Å²) in [6, 6.07) is 11.2. The topological polar surface area (TPSA) is 104 Å². The van der Waals surface area contributed by atoms with E-state index in [2.05, 4.69) is 43.2 Å². The number of fused-ring (bicyclic) bond motifs is 3. The molecule has 1 saturated heterocycles. The minimum absolute atomic E-state index is 0.0446. The van der Waals surface area contributed by atoms with E-state index in [-0.39, 0.29) is 23.8 Å². The van der Waals surface area contributed by atoms with Gasteiger partial charge in [-0.2, -0.15) is 0 Å². The number of likely N-dealkylation sites (tertiary alicyclic amines) is 1. The highest BCUT2D eigenvalue weighted by Gasteiger charge is 2.38. The van der Waals surface area contributed by atoms with Gasteiger partial charge >= 0.3 is 6.03 Å². The van der Waals surface area contributed by atoms with Gasteiger partial charge in [-0.3, -0.25) is 9.52 Å². The lowest BCUT2D eigenvalue weighted by Gasteiger charge is -2.43. The van der Waals surface area contributed by atoms with Crippen LogP contribution in [0.15, 0.2) is 52.9 Å². The van der Waals surface area contributed by atoms with Crippen molar-refractivity contribution in [3.8, 4) is 5.75 Å².